The fourth-order valence-electron chi connectivity index (χ4n) is 2.86. The lowest BCUT2D eigenvalue weighted by Crippen LogP contribution is -2.07. The molecule has 16 heteroatoms. The first kappa shape index (κ1) is 28.4. The highest BCUT2D eigenvalue weighted by atomic mass is 32.2. The van der Waals surface area contributed by atoms with E-state index in [9.17, 15) is 35.8 Å². The van der Waals surface area contributed by atoms with Gasteiger partial charge in [0.2, 0.25) is 5.91 Å². The molecule has 3 aromatic carbocycles. The van der Waals surface area contributed by atoms with Gasteiger partial charge in [0.25, 0.3) is 20.2 Å². The van der Waals surface area contributed by atoms with Crippen LogP contribution in [0.25, 0.3) is 10.8 Å². The zero-order valence-electron chi connectivity index (χ0n) is 17.6. The van der Waals surface area contributed by atoms with Gasteiger partial charge in [-0.1, -0.05) is 6.07 Å². The third-order valence-electron chi connectivity index (χ3n) is 4.19. The summed E-state index contributed by atoms with van der Waals surface area (Å²) in [6.07, 6.45) is 0. The molecule has 34 heavy (non-hydrogen) atoms. The minimum absolute atomic E-state index is 0. The third kappa shape index (κ3) is 6.01. The van der Waals surface area contributed by atoms with Crippen molar-refractivity contribution in [2.45, 2.75) is 16.7 Å². The van der Waals surface area contributed by atoms with Gasteiger partial charge in [-0.3, -0.25) is 13.9 Å². The largest absolute Gasteiger partial charge is 0.507 e. The molecule has 0 saturated heterocycles. The average molecular weight is 515 g/mol. The number of aromatic hydroxyl groups is 1. The molecule has 12 N–H and O–H groups in total. The van der Waals surface area contributed by atoms with Gasteiger partial charge in [-0.2, -0.15) is 16.8 Å². The number of nitrogen functional groups attached to an aromatic ring is 1. The topological polar surface area (TPSA) is 279 Å². The second-order valence-corrected chi connectivity index (χ2v) is 9.37. The minimum Gasteiger partial charge on any atom is -0.507 e. The molecule has 0 radical (unpaired) electrons. The fraction of sp³-hybridized carbons (Fsp3) is 0.0556. The number of carbonyl (C=O) groups excluding carboxylic acids is 1. The Bertz CT molecular complexity index is 1500. The average Bonchev–Trinajstić information content (AvgIpc) is 2.66. The van der Waals surface area contributed by atoms with E-state index in [0.29, 0.717) is 0 Å². The van der Waals surface area contributed by atoms with Crippen LogP contribution in [0.15, 0.2) is 62.5 Å². The highest BCUT2D eigenvalue weighted by Crippen LogP contribution is 2.40. The molecular weight excluding hydrogens is 492 g/mol. The molecule has 0 atom stereocenters. The summed E-state index contributed by atoms with van der Waals surface area (Å²) in [5.74, 6) is -1.05. The number of nitrogens with two attached hydrogens (primary N) is 1. The standard InChI is InChI=1S/C18H16N4O8S2.2H3N/c1-9(23)20-11-3-5-14(16(7-11)32(28,29)30)21-22-18-13(19)4-2-10-6-12(31(25,26)27)8-15(24)17(10)18;;/h2-8,24H,19H2,1H3,(H,20,23)(H,25,26,27)(H,28,29,30);2*1H3/b22-21+;;. The van der Waals surface area contributed by atoms with Gasteiger partial charge in [0.05, 0.1) is 16.0 Å². The van der Waals surface area contributed by atoms with Crippen LogP contribution in [0.5, 0.6) is 5.75 Å². The summed E-state index contributed by atoms with van der Waals surface area (Å²) >= 11 is 0. The number of benzene rings is 3. The molecule has 0 fully saturated rings. The molecule has 0 aromatic heterocycles. The number of azo groups is 1. The van der Waals surface area contributed by atoms with E-state index in [-0.39, 0.29) is 45.8 Å². The van der Waals surface area contributed by atoms with E-state index in [1.54, 1.807) is 0 Å². The van der Waals surface area contributed by atoms with Gasteiger partial charge in [0.15, 0.2) is 0 Å². The lowest BCUT2D eigenvalue weighted by molar-refractivity contribution is -0.114. The summed E-state index contributed by atoms with van der Waals surface area (Å²) < 4.78 is 65.0. The molecule has 0 heterocycles. The van der Waals surface area contributed by atoms with Gasteiger partial charge in [-0.25, -0.2) is 0 Å². The molecule has 0 bridgehead atoms. The Morgan fingerprint density at radius 1 is 0.941 bits per heavy atom. The number of fused-ring (bicyclic) bond motifs is 1. The lowest BCUT2D eigenvalue weighted by atomic mass is 10.1. The Labute approximate surface area is 194 Å². The van der Waals surface area contributed by atoms with Crippen molar-refractivity contribution in [3.63, 3.8) is 0 Å². The monoisotopic (exact) mass is 514 g/mol. The number of carbonyl (C=O) groups is 1. The van der Waals surface area contributed by atoms with Crippen LogP contribution >= 0.6 is 0 Å². The van der Waals surface area contributed by atoms with Gasteiger partial charge in [-0.15, -0.1) is 10.2 Å². The number of amides is 1. The summed E-state index contributed by atoms with van der Waals surface area (Å²) in [7, 11) is -9.36. The summed E-state index contributed by atoms with van der Waals surface area (Å²) in [5.41, 5.74) is 5.58. The summed E-state index contributed by atoms with van der Waals surface area (Å²) in [4.78, 5) is 9.99. The predicted molar refractivity (Wildman–Crippen MR) is 125 cm³/mol. The number of nitrogens with zero attached hydrogens (tertiary/aromatic N) is 2. The van der Waals surface area contributed by atoms with Crippen molar-refractivity contribution >= 4 is 59.7 Å². The van der Waals surface area contributed by atoms with E-state index >= 15 is 0 Å². The molecule has 14 nitrogen and oxygen atoms in total. The van der Waals surface area contributed by atoms with Gasteiger partial charge in [-0.05, 0) is 35.7 Å². The van der Waals surface area contributed by atoms with Crippen molar-refractivity contribution < 1.29 is 35.8 Å². The minimum atomic E-state index is -4.76. The number of phenolic OH excluding ortho intramolecular Hbond substituents is 1. The Hall–Kier alpha value is -3.67. The van der Waals surface area contributed by atoms with Crippen LogP contribution in [-0.4, -0.2) is 37.0 Å². The molecule has 0 aliphatic heterocycles. The molecule has 0 spiro atoms. The number of anilines is 2. The lowest BCUT2D eigenvalue weighted by Gasteiger charge is -2.09. The zero-order chi connectivity index (χ0) is 23.8. The third-order valence-corrected chi connectivity index (χ3v) is 5.90. The summed E-state index contributed by atoms with van der Waals surface area (Å²) in [6.45, 7) is 1.21. The Balaban J connectivity index is 0.00000289. The van der Waals surface area contributed by atoms with Gasteiger partial charge >= 0.3 is 0 Å². The summed E-state index contributed by atoms with van der Waals surface area (Å²) in [6, 6.07) is 8.07. The van der Waals surface area contributed by atoms with E-state index in [0.717, 1.165) is 18.2 Å². The number of phenols is 1. The van der Waals surface area contributed by atoms with Gasteiger partial charge in [0.1, 0.15) is 22.0 Å². The van der Waals surface area contributed by atoms with E-state index in [2.05, 4.69) is 15.5 Å². The molecule has 0 unspecified atom stereocenters. The van der Waals surface area contributed by atoms with Crippen LogP contribution in [0.1, 0.15) is 6.92 Å². The number of nitrogens with one attached hydrogen (secondary N) is 1. The highest BCUT2D eigenvalue weighted by molar-refractivity contribution is 7.86. The van der Waals surface area contributed by atoms with Crippen LogP contribution in [0.3, 0.4) is 0 Å². The second kappa shape index (κ2) is 10.1. The van der Waals surface area contributed by atoms with E-state index < -0.39 is 41.7 Å². The van der Waals surface area contributed by atoms with Gasteiger partial charge in [0, 0.05) is 18.7 Å². The SMILES string of the molecule is CC(=O)Nc1ccc(/N=N/c2c(N)ccc3cc(S(=O)(=O)O)cc(O)c23)c(S(=O)(=O)O)c1.N.N. The Morgan fingerprint density at radius 3 is 2.15 bits per heavy atom. The van der Waals surface area contributed by atoms with E-state index in [1.165, 1.54) is 31.2 Å². The van der Waals surface area contributed by atoms with E-state index in [4.69, 9.17) is 5.73 Å². The van der Waals surface area contributed by atoms with Crippen molar-refractivity contribution in [3.8, 4) is 5.75 Å². The van der Waals surface area contributed by atoms with Gasteiger partial charge < -0.3 is 28.5 Å². The zero-order valence-corrected chi connectivity index (χ0v) is 19.3. The normalized spacial score (nSPS) is 11.6. The van der Waals surface area contributed by atoms with Crippen LogP contribution in [0.4, 0.5) is 22.7 Å². The van der Waals surface area contributed by atoms with Crippen LogP contribution < -0.4 is 23.4 Å². The molecule has 1 amide bonds. The summed E-state index contributed by atoms with van der Waals surface area (Å²) in [5, 5.41) is 20.5. The molecule has 184 valence electrons. The Morgan fingerprint density at radius 2 is 1.59 bits per heavy atom. The maximum atomic E-state index is 11.8. The molecular formula is C18H22N6O8S2. The van der Waals surface area contributed by atoms with Crippen molar-refractivity contribution in [2.24, 2.45) is 10.2 Å². The number of rotatable bonds is 5. The van der Waals surface area contributed by atoms with Crippen LogP contribution in [-0.2, 0) is 25.0 Å². The highest BCUT2D eigenvalue weighted by Gasteiger charge is 2.19. The maximum absolute atomic E-state index is 11.8. The fourth-order valence-corrected chi connectivity index (χ4v) is 4.04. The number of hydrogen-bond donors (Lipinski definition) is 7. The Kier molecular flexibility index (Phi) is 8.41. The number of hydrogen-bond acceptors (Lipinski definition) is 11. The van der Waals surface area contributed by atoms with Crippen LogP contribution in [0.2, 0.25) is 0 Å². The first-order valence-corrected chi connectivity index (χ1v) is 11.5. The van der Waals surface area contributed by atoms with Crippen molar-refractivity contribution in [1.29, 1.82) is 0 Å². The molecule has 0 saturated carbocycles. The first-order chi connectivity index (χ1) is 14.8. The maximum Gasteiger partial charge on any atom is 0.296 e. The first-order valence-electron chi connectivity index (χ1n) is 8.61. The van der Waals surface area contributed by atoms with E-state index in [1.807, 2.05) is 0 Å². The molecule has 3 aromatic rings. The van der Waals surface area contributed by atoms with Crippen molar-refractivity contribution in [3.05, 3.63) is 42.5 Å². The van der Waals surface area contributed by atoms with Crippen molar-refractivity contribution in [1.82, 2.24) is 12.3 Å². The molecule has 3 rings (SSSR count). The predicted octanol–water partition coefficient (Wildman–Crippen LogP) is 3.32. The smallest absolute Gasteiger partial charge is 0.296 e. The molecule has 0 aliphatic carbocycles. The second-order valence-electron chi connectivity index (χ2n) is 6.56. The molecule has 0 aliphatic rings. The quantitative estimate of drug-likeness (QED) is 0.147. The van der Waals surface area contributed by atoms with Crippen molar-refractivity contribution in [2.75, 3.05) is 11.1 Å². The van der Waals surface area contributed by atoms with Crippen LogP contribution in [0, 0.1) is 0 Å².